The van der Waals surface area contributed by atoms with Gasteiger partial charge >= 0.3 is 0 Å². The number of benzene rings is 2. The summed E-state index contributed by atoms with van der Waals surface area (Å²) in [5.74, 6) is 0.892. The van der Waals surface area contributed by atoms with Gasteiger partial charge in [-0.2, -0.15) is 0 Å². The molecule has 1 aliphatic rings. The Kier molecular flexibility index (Phi) is 5.76. The van der Waals surface area contributed by atoms with E-state index in [4.69, 9.17) is 14.2 Å². The average molecular weight is 406 g/mol. The summed E-state index contributed by atoms with van der Waals surface area (Å²) in [5, 5.41) is 2.67. The largest absolute Gasteiger partial charge is 0.495 e. The van der Waals surface area contributed by atoms with Crippen LogP contribution in [0.5, 0.6) is 17.2 Å². The highest BCUT2D eigenvalue weighted by Crippen LogP contribution is 2.32. The molecule has 0 spiro atoms. The summed E-state index contributed by atoms with van der Waals surface area (Å²) in [6, 6.07) is 11.0. The summed E-state index contributed by atoms with van der Waals surface area (Å²) < 4.78 is 43.8. The van der Waals surface area contributed by atoms with Crippen LogP contribution in [0, 0.1) is 0 Å². The van der Waals surface area contributed by atoms with E-state index in [9.17, 15) is 13.2 Å². The van der Waals surface area contributed by atoms with Crippen molar-refractivity contribution in [3.05, 3.63) is 42.5 Å². The van der Waals surface area contributed by atoms with Crippen molar-refractivity contribution in [2.45, 2.75) is 30.9 Å². The van der Waals surface area contributed by atoms with Gasteiger partial charge in [0.15, 0.2) is 11.5 Å². The lowest BCUT2D eigenvalue weighted by atomic mass is 10.2. The lowest BCUT2D eigenvalue weighted by molar-refractivity contribution is -0.125. The Morgan fingerprint density at radius 1 is 1.18 bits per heavy atom. The summed E-state index contributed by atoms with van der Waals surface area (Å²) in [4.78, 5) is 12.7. The third-order valence-corrected chi connectivity index (χ3v) is 5.59. The molecule has 0 unspecified atom stereocenters. The fourth-order valence-electron chi connectivity index (χ4n) is 2.69. The molecule has 1 amide bonds. The van der Waals surface area contributed by atoms with E-state index in [0.29, 0.717) is 17.2 Å². The van der Waals surface area contributed by atoms with Crippen LogP contribution < -0.4 is 24.2 Å². The quantitative estimate of drug-likeness (QED) is 0.762. The number of carbonyl (C=O) groups excluding carboxylic acids is 1. The number of methoxy groups -OCH3 is 1. The number of ether oxygens (including phenoxy) is 3. The molecule has 1 atom stereocenters. The number of carbonyl (C=O) groups is 1. The molecule has 3 rings (SSSR count). The summed E-state index contributed by atoms with van der Waals surface area (Å²) >= 11 is 0. The van der Waals surface area contributed by atoms with Gasteiger partial charge in [0.1, 0.15) is 12.4 Å². The van der Waals surface area contributed by atoms with Gasteiger partial charge in [-0.05, 0) is 44.2 Å². The molecular weight excluding hydrogens is 384 g/mol. The zero-order valence-corrected chi connectivity index (χ0v) is 16.6. The minimum absolute atomic E-state index is 0.0171. The van der Waals surface area contributed by atoms with E-state index in [2.05, 4.69) is 10.0 Å². The first kappa shape index (κ1) is 20.0. The Hall–Kier alpha value is -2.78. The van der Waals surface area contributed by atoms with E-state index >= 15 is 0 Å². The molecule has 8 nitrogen and oxygen atoms in total. The number of sulfonamides is 1. The van der Waals surface area contributed by atoms with Gasteiger partial charge in [-0.3, -0.25) is 4.79 Å². The monoisotopic (exact) mass is 406 g/mol. The molecule has 150 valence electrons. The fraction of sp³-hybridized carbons (Fsp3) is 0.316. The van der Waals surface area contributed by atoms with Crippen molar-refractivity contribution in [2.75, 3.05) is 19.0 Å². The number of nitrogens with one attached hydrogen (secondary N) is 2. The van der Waals surface area contributed by atoms with Gasteiger partial charge < -0.3 is 19.5 Å². The predicted molar refractivity (Wildman–Crippen MR) is 103 cm³/mol. The summed E-state index contributed by atoms with van der Waals surface area (Å²) in [7, 11) is -2.29. The number of hydrogen-bond donors (Lipinski definition) is 2. The van der Waals surface area contributed by atoms with E-state index in [0.717, 1.165) is 0 Å². The number of hydrogen-bond acceptors (Lipinski definition) is 6. The average Bonchev–Trinajstić information content (AvgIpc) is 2.66. The highest BCUT2D eigenvalue weighted by atomic mass is 32.2. The van der Waals surface area contributed by atoms with Gasteiger partial charge in [0.2, 0.25) is 16.1 Å². The van der Waals surface area contributed by atoms with Crippen LogP contribution in [-0.2, 0) is 14.8 Å². The Labute approximate surface area is 163 Å². The molecule has 9 heteroatoms. The van der Waals surface area contributed by atoms with Crippen LogP contribution in [0.1, 0.15) is 13.8 Å². The minimum Gasteiger partial charge on any atom is -0.495 e. The second kappa shape index (κ2) is 8.07. The van der Waals surface area contributed by atoms with Crippen LogP contribution in [0.4, 0.5) is 5.69 Å². The van der Waals surface area contributed by atoms with Gasteiger partial charge in [-0.15, -0.1) is 0 Å². The van der Waals surface area contributed by atoms with Gasteiger partial charge in [-0.25, -0.2) is 13.1 Å². The van der Waals surface area contributed by atoms with Gasteiger partial charge in [0, 0.05) is 6.04 Å². The standard InChI is InChI=1S/C19H22N2O6S/c1-12(2)21-28(23,24)13-8-9-15(25-3)14(10-13)20-19(22)18-11-26-16-6-4-5-7-17(16)27-18/h4-10,12,18,21H,11H2,1-3H3,(H,20,22)/t18-/m1/s1. The molecule has 0 aromatic heterocycles. The van der Waals surface area contributed by atoms with Crippen molar-refractivity contribution < 1.29 is 27.4 Å². The molecule has 0 bridgehead atoms. The number of fused-ring (bicyclic) bond motifs is 1. The maximum atomic E-state index is 12.6. The third-order valence-electron chi connectivity index (χ3n) is 3.93. The Bertz CT molecular complexity index is 974. The Morgan fingerprint density at radius 2 is 1.89 bits per heavy atom. The topological polar surface area (TPSA) is 103 Å². The van der Waals surface area contributed by atoms with E-state index in [1.165, 1.54) is 25.3 Å². The van der Waals surface area contributed by atoms with Crippen LogP contribution in [0.15, 0.2) is 47.4 Å². The molecular formula is C19H22N2O6S. The van der Waals surface area contributed by atoms with Crippen molar-refractivity contribution in [2.24, 2.45) is 0 Å². The molecule has 2 aromatic carbocycles. The Balaban J connectivity index is 1.81. The number of rotatable bonds is 6. The third kappa shape index (κ3) is 4.37. The fourth-order valence-corrected chi connectivity index (χ4v) is 3.97. The molecule has 2 N–H and O–H groups in total. The first-order valence-corrected chi connectivity index (χ1v) is 10.2. The van der Waals surface area contributed by atoms with Crippen LogP contribution in [0.25, 0.3) is 0 Å². The van der Waals surface area contributed by atoms with Crippen molar-refractivity contribution in [3.8, 4) is 17.2 Å². The molecule has 0 fully saturated rings. The smallest absolute Gasteiger partial charge is 0.269 e. The molecule has 1 aliphatic heterocycles. The summed E-state index contributed by atoms with van der Waals surface area (Å²) in [6.07, 6.45) is -0.881. The second-order valence-electron chi connectivity index (χ2n) is 6.49. The van der Waals surface area contributed by atoms with E-state index in [1.54, 1.807) is 32.0 Å². The number of amides is 1. The van der Waals surface area contributed by atoms with Crippen LogP contribution in [0.2, 0.25) is 0 Å². The van der Waals surface area contributed by atoms with Crippen LogP contribution in [0.3, 0.4) is 0 Å². The normalized spacial score (nSPS) is 15.9. The number of para-hydroxylation sites is 2. The first-order valence-electron chi connectivity index (χ1n) is 8.70. The summed E-state index contributed by atoms with van der Waals surface area (Å²) in [5.41, 5.74) is 0.224. The maximum Gasteiger partial charge on any atom is 0.269 e. The van der Waals surface area contributed by atoms with Crippen molar-refractivity contribution in [1.82, 2.24) is 4.72 Å². The van der Waals surface area contributed by atoms with Gasteiger partial charge in [-0.1, -0.05) is 12.1 Å². The highest BCUT2D eigenvalue weighted by molar-refractivity contribution is 7.89. The van der Waals surface area contributed by atoms with Crippen LogP contribution >= 0.6 is 0 Å². The molecule has 28 heavy (non-hydrogen) atoms. The Morgan fingerprint density at radius 3 is 2.57 bits per heavy atom. The second-order valence-corrected chi connectivity index (χ2v) is 8.21. The zero-order valence-electron chi connectivity index (χ0n) is 15.8. The maximum absolute atomic E-state index is 12.6. The lowest BCUT2D eigenvalue weighted by Crippen LogP contribution is -2.40. The predicted octanol–water partition coefficient (Wildman–Crippen LogP) is 2.16. The highest BCUT2D eigenvalue weighted by Gasteiger charge is 2.28. The van der Waals surface area contributed by atoms with Crippen molar-refractivity contribution in [1.29, 1.82) is 0 Å². The molecule has 0 saturated carbocycles. The molecule has 0 aliphatic carbocycles. The first-order chi connectivity index (χ1) is 13.3. The molecule has 1 heterocycles. The minimum atomic E-state index is -3.72. The van der Waals surface area contributed by atoms with Crippen molar-refractivity contribution in [3.63, 3.8) is 0 Å². The van der Waals surface area contributed by atoms with Gasteiger partial charge in [0.25, 0.3) is 5.91 Å². The SMILES string of the molecule is COc1ccc(S(=O)(=O)NC(C)C)cc1NC(=O)[C@H]1COc2ccccc2O1. The van der Waals surface area contributed by atoms with E-state index < -0.39 is 22.0 Å². The molecule has 0 saturated heterocycles. The molecule has 2 aromatic rings. The van der Waals surface area contributed by atoms with E-state index in [-0.39, 0.29) is 23.2 Å². The molecule has 0 radical (unpaired) electrons. The van der Waals surface area contributed by atoms with E-state index in [1.807, 2.05) is 6.07 Å². The van der Waals surface area contributed by atoms with Crippen molar-refractivity contribution >= 4 is 21.6 Å². The number of anilines is 1. The lowest BCUT2D eigenvalue weighted by Gasteiger charge is -2.25. The van der Waals surface area contributed by atoms with Crippen LogP contribution in [-0.4, -0.2) is 40.2 Å². The van der Waals surface area contributed by atoms with Gasteiger partial charge in [0.05, 0.1) is 17.7 Å². The summed E-state index contributed by atoms with van der Waals surface area (Å²) in [6.45, 7) is 3.49. The zero-order chi connectivity index (χ0) is 20.3.